The number of piperidine rings is 1. The van der Waals surface area contributed by atoms with Crippen LogP contribution in [0.3, 0.4) is 0 Å². The fourth-order valence-corrected chi connectivity index (χ4v) is 4.16. The Kier molecular flexibility index (Phi) is 9.15. The van der Waals surface area contributed by atoms with Crippen molar-refractivity contribution in [2.45, 2.75) is 73.6 Å². The predicted molar refractivity (Wildman–Crippen MR) is 101 cm³/mol. The van der Waals surface area contributed by atoms with Crippen molar-refractivity contribution in [3.8, 4) is 0 Å². The Hall–Kier alpha value is -0.560. The molecule has 0 unspecified atom stereocenters. The molecule has 0 radical (unpaired) electrons. The van der Waals surface area contributed by atoms with E-state index in [2.05, 4.69) is 5.32 Å². The van der Waals surface area contributed by atoms with Crippen molar-refractivity contribution in [1.29, 1.82) is 0 Å². The predicted octanol–water partition coefficient (Wildman–Crippen LogP) is -6.43. The molecular formula is C18H33NO13. The van der Waals surface area contributed by atoms with Gasteiger partial charge in [-0.3, -0.25) is 0 Å². The van der Waals surface area contributed by atoms with E-state index in [0.717, 1.165) is 0 Å². The van der Waals surface area contributed by atoms with Crippen LogP contribution in [0, 0.1) is 5.92 Å². The summed E-state index contributed by atoms with van der Waals surface area (Å²) in [5.74, 6) is -0.512. The molecule has 0 bridgehead atoms. The Balaban J connectivity index is 1.70. The third-order valence-electron chi connectivity index (χ3n) is 6.09. The standard InChI is InChI=1S/C18H33NO13/c20-3-6-1-19-2-7(23)15(6)31-18-14(28)12(26)16(9(5-22)30-18)32-17-13(27)11(25)10(24)8(4-21)29-17/h6-28H,1-5H2/t6-,7-,8-,9-,10-,11+,12-,13-,14-,15-,16-,17+,18+/m1/s1. The lowest BCUT2D eigenvalue weighted by molar-refractivity contribution is -0.366. The molecule has 0 aromatic rings. The number of hydrogen-bond donors (Lipinski definition) is 10. The Morgan fingerprint density at radius 3 is 1.78 bits per heavy atom. The van der Waals surface area contributed by atoms with E-state index in [1.54, 1.807) is 0 Å². The summed E-state index contributed by atoms with van der Waals surface area (Å²) in [6.45, 7) is -1.19. The molecule has 3 fully saturated rings. The van der Waals surface area contributed by atoms with Crippen LogP contribution in [0.5, 0.6) is 0 Å². The second kappa shape index (κ2) is 11.2. The molecule has 3 aliphatic rings. The van der Waals surface area contributed by atoms with E-state index in [1.165, 1.54) is 0 Å². The highest BCUT2D eigenvalue weighted by Crippen LogP contribution is 2.31. The minimum atomic E-state index is -1.76. The summed E-state index contributed by atoms with van der Waals surface area (Å²) < 4.78 is 21.9. The number of aliphatic hydroxyl groups is 9. The van der Waals surface area contributed by atoms with Gasteiger partial charge in [0.1, 0.15) is 48.8 Å². The Labute approximate surface area is 183 Å². The van der Waals surface area contributed by atoms with E-state index in [0.29, 0.717) is 6.54 Å². The van der Waals surface area contributed by atoms with Gasteiger partial charge in [-0.15, -0.1) is 0 Å². The van der Waals surface area contributed by atoms with Gasteiger partial charge in [0.25, 0.3) is 0 Å². The third kappa shape index (κ3) is 5.24. The molecule has 14 heteroatoms. The average Bonchev–Trinajstić information content (AvgIpc) is 2.79. The normalized spacial score (nSPS) is 50.3. The van der Waals surface area contributed by atoms with E-state index in [1.807, 2.05) is 0 Å². The number of β-amino-alcohol motifs (C(OH)–C–C–N with tert-alkyl or cyclic N) is 1. The van der Waals surface area contributed by atoms with Crippen LogP contribution in [0.15, 0.2) is 0 Å². The highest BCUT2D eigenvalue weighted by Gasteiger charge is 2.51. The van der Waals surface area contributed by atoms with E-state index in [-0.39, 0.29) is 13.2 Å². The lowest BCUT2D eigenvalue weighted by Gasteiger charge is -2.47. The monoisotopic (exact) mass is 471 g/mol. The van der Waals surface area contributed by atoms with Crippen LogP contribution in [0.25, 0.3) is 0 Å². The van der Waals surface area contributed by atoms with Crippen LogP contribution in [-0.2, 0) is 18.9 Å². The summed E-state index contributed by atoms with van der Waals surface area (Å²) in [6, 6.07) is 0. The van der Waals surface area contributed by atoms with Crippen molar-refractivity contribution < 1.29 is 64.9 Å². The largest absolute Gasteiger partial charge is 0.396 e. The maximum Gasteiger partial charge on any atom is 0.187 e. The van der Waals surface area contributed by atoms with Gasteiger partial charge in [0.05, 0.1) is 25.4 Å². The molecule has 0 saturated carbocycles. The first-order valence-corrected chi connectivity index (χ1v) is 10.5. The van der Waals surface area contributed by atoms with E-state index < -0.39 is 92.8 Å². The van der Waals surface area contributed by atoms with Crippen molar-refractivity contribution in [3.63, 3.8) is 0 Å². The quantitative estimate of drug-likeness (QED) is 0.166. The van der Waals surface area contributed by atoms with Crippen molar-refractivity contribution in [1.82, 2.24) is 5.32 Å². The second-order valence-corrected chi connectivity index (χ2v) is 8.27. The SMILES string of the molecule is OC[C@H]1CNC[C@@H](O)[C@@H]1O[C@@H]1O[C@H](CO)[C@@H](O[C@@H]2O[C@H](CO)[C@@H](O)[C@H](O)[C@H]2O)[C@H](O)[C@H]1O. The molecule has 0 aromatic heterocycles. The molecule has 0 amide bonds. The molecule has 14 nitrogen and oxygen atoms in total. The molecule has 32 heavy (non-hydrogen) atoms. The zero-order valence-electron chi connectivity index (χ0n) is 17.2. The molecule has 0 aliphatic carbocycles. The van der Waals surface area contributed by atoms with Gasteiger partial charge in [0.2, 0.25) is 0 Å². The van der Waals surface area contributed by atoms with Crippen LogP contribution in [0.1, 0.15) is 0 Å². The number of nitrogens with one attached hydrogen (secondary N) is 1. The lowest BCUT2D eigenvalue weighted by atomic mass is 9.93. The minimum absolute atomic E-state index is 0.179. The van der Waals surface area contributed by atoms with Gasteiger partial charge in [0.15, 0.2) is 12.6 Å². The Bertz CT molecular complexity index is 583. The summed E-state index contributed by atoms with van der Waals surface area (Å²) in [5, 5.41) is 92.7. The molecule has 10 N–H and O–H groups in total. The van der Waals surface area contributed by atoms with Crippen LogP contribution in [-0.4, -0.2) is 152 Å². The van der Waals surface area contributed by atoms with Crippen molar-refractivity contribution in [2.24, 2.45) is 5.92 Å². The maximum absolute atomic E-state index is 10.6. The van der Waals surface area contributed by atoms with Gasteiger partial charge in [0, 0.05) is 25.6 Å². The first-order valence-electron chi connectivity index (χ1n) is 10.5. The number of ether oxygens (including phenoxy) is 4. The second-order valence-electron chi connectivity index (χ2n) is 8.27. The minimum Gasteiger partial charge on any atom is -0.396 e. The summed E-state index contributed by atoms with van der Waals surface area (Å²) >= 11 is 0. The molecular weight excluding hydrogens is 438 g/mol. The summed E-state index contributed by atoms with van der Waals surface area (Å²) in [7, 11) is 0. The zero-order valence-corrected chi connectivity index (χ0v) is 17.2. The number of hydrogen-bond acceptors (Lipinski definition) is 14. The fourth-order valence-electron chi connectivity index (χ4n) is 4.16. The van der Waals surface area contributed by atoms with Gasteiger partial charge in [-0.25, -0.2) is 0 Å². The van der Waals surface area contributed by atoms with Crippen molar-refractivity contribution >= 4 is 0 Å². The molecule has 3 heterocycles. The van der Waals surface area contributed by atoms with Crippen LogP contribution < -0.4 is 5.32 Å². The molecule has 0 spiro atoms. The highest BCUT2D eigenvalue weighted by atomic mass is 16.7. The molecule has 0 aromatic carbocycles. The van der Waals surface area contributed by atoms with Crippen LogP contribution >= 0.6 is 0 Å². The third-order valence-corrected chi connectivity index (χ3v) is 6.09. The van der Waals surface area contributed by atoms with Gasteiger partial charge in [-0.1, -0.05) is 0 Å². The smallest absolute Gasteiger partial charge is 0.187 e. The number of rotatable bonds is 7. The summed E-state index contributed by atoms with van der Waals surface area (Å²) in [6.07, 6.45) is -17.6. The van der Waals surface area contributed by atoms with Gasteiger partial charge < -0.3 is 70.2 Å². The van der Waals surface area contributed by atoms with Crippen molar-refractivity contribution in [3.05, 3.63) is 0 Å². The van der Waals surface area contributed by atoms with E-state index >= 15 is 0 Å². The molecule has 13 atom stereocenters. The maximum atomic E-state index is 10.6. The summed E-state index contributed by atoms with van der Waals surface area (Å²) in [5.41, 5.74) is 0. The Morgan fingerprint density at radius 2 is 1.19 bits per heavy atom. The van der Waals surface area contributed by atoms with E-state index in [4.69, 9.17) is 18.9 Å². The first kappa shape index (κ1) is 26.1. The molecule has 188 valence electrons. The highest BCUT2D eigenvalue weighted by molar-refractivity contribution is 4.95. The Morgan fingerprint density at radius 1 is 0.625 bits per heavy atom. The molecule has 3 rings (SSSR count). The molecule has 3 aliphatic heterocycles. The lowest BCUT2D eigenvalue weighted by Crippen LogP contribution is -2.65. The molecule has 3 saturated heterocycles. The summed E-state index contributed by atoms with van der Waals surface area (Å²) in [4.78, 5) is 0. The number of aliphatic hydroxyl groups excluding tert-OH is 9. The van der Waals surface area contributed by atoms with Gasteiger partial charge in [-0.05, 0) is 0 Å². The van der Waals surface area contributed by atoms with E-state index in [9.17, 15) is 46.0 Å². The van der Waals surface area contributed by atoms with Crippen LogP contribution in [0.4, 0.5) is 0 Å². The van der Waals surface area contributed by atoms with Gasteiger partial charge in [-0.2, -0.15) is 0 Å². The van der Waals surface area contributed by atoms with Crippen molar-refractivity contribution in [2.75, 3.05) is 32.9 Å². The zero-order chi connectivity index (χ0) is 23.6. The first-order chi connectivity index (χ1) is 15.2. The van der Waals surface area contributed by atoms with Crippen LogP contribution in [0.2, 0.25) is 0 Å². The topological polar surface area (TPSA) is 231 Å². The average molecular weight is 471 g/mol. The fraction of sp³-hybridized carbons (Fsp3) is 1.00. The van der Waals surface area contributed by atoms with Gasteiger partial charge >= 0.3 is 0 Å².